The van der Waals surface area contributed by atoms with Crippen LogP contribution < -0.4 is 0 Å². The Morgan fingerprint density at radius 2 is 0.710 bits per heavy atom. The molecule has 0 fully saturated rings. The molecule has 5 heteroatoms. The fourth-order valence-corrected chi connectivity index (χ4v) is 7.46. The molecule has 1 atom stereocenters. The topological polar surface area (TPSA) is 61.8 Å². The second-order valence-electron chi connectivity index (χ2n) is 17.8. The number of carbonyl (C=O) groups excluding carboxylic acids is 2. The van der Waals surface area contributed by atoms with Gasteiger partial charge in [0.25, 0.3) is 0 Å². The van der Waals surface area contributed by atoms with E-state index in [1.54, 1.807) is 0 Å². The van der Waals surface area contributed by atoms with Gasteiger partial charge in [0.2, 0.25) is 0 Å². The second-order valence-corrected chi connectivity index (χ2v) is 17.8. The molecule has 0 N–H and O–H groups in total. The van der Waals surface area contributed by atoms with Gasteiger partial charge in [-0.2, -0.15) is 0 Å². The van der Waals surface area contributed by atoms with Crippen LogP contribution in [0.15, 0.2) is 60.8 Å². The first-order valence-electron chi connectivity index (χ1n) is 26.8. The van der Waals surface area contributed by atoms with E-state index in [-0.39, 0.29) is 25.2 Å². The average molecular weight is 867 g/mol. The van der Waals surface area contributed by atoms with E-state index in [0.717, 1.165) is 77.0 Å². The summed E-state index contributed by atoms with van der Waals surface area (Å²) in [5.41, 5.74) is 0. The van der Waals surface area contributed by atoms with Crippen LogP contribution in [0.1, 0.15) is 265 Å². The molecule has 5 nitrogen and oxygen atoms in total. The Hall–Kier alpha value is -2.40. The summed E-state index contributed by atoms with van der Waals surface area (Å²) in [5, 5.41) is 0. The van der Waals surface area contributed by atoms with Crippen molar-refractivity contribution in [1.82, 2.24) is 0 Å². The van der Waals surface area contributed by atoms with Gasteiger partial charge < -0.3 is 14.2 Å². The summed E-state index contributed by atoms with van der Waals surface area (Å²) >= 11 is 0. The molecule has 0 spiro atoms. The van der Waals surface area contributed by atoms with E-state index in [0.29, 0.717) is 19.4 Å². The number of hydrogen-bond donors (Lipinski definition) is 0. The lowest BCUT2D eigenvalue weighted by Crippen LogP contribution is -2.30. The van der Waals surface area contributed by atoms with Crippen molar-refractivity contribution in [2.75, 3.05) is 19.8 Å². The first-order valence-corrected chi connectivity index (χ1v) is 26.8. The third-order valence-electron chi connectivity index (χ3n) is 11.5. The lowest BCUT2D eigenvalue weighted by Gasteiger charge is -2.18. The van der Waals surface area contributed by atoms with E-state index < -0.39 is 6.10 Å². The SMILES string of the molecule is CCC/C=C\C/C=C\CCCCCCCC(=O)OCC(COCCCCCCCCCCCC/C=C\C/C=C\CCCCC)OC(=O)CCCCCCC/C=C\CCCCCC. The summed E-state index contributed by atoms with van der Waals surface area (Å²) in [6, 6.07) is 0. The molecule has 62 heavy (non-hydrogen) atoms. The third kappa shape index (κ3) is 50.2. The van der Waals surface area contributed by atoms with Gasteiger partial charge in [0.05, 0.1) is 6.61 Å². The molecule has 0 amide bonds. The molecule has 360 valence electrons. The lowest BCUT2D eigenvalue weighted by atomic mass is 10.1. The van der Waals surface area contributed by atoms with Crippen LogP contribution in [0.2, 0.25) is 0 Å². The predicted octanol–water partition coefficient (Wildman–Crippen LogP) is 18.1. The summed E-state index contributed by atoms with van der Waals surface area (Å²) in [4.78, 5) is 25.4. The summed E-state index contributed by atoms with van der Waals surface area (Å²) in [6.45, 7) is 7.72. The van der Waals surface area contributed by atoms with Crippen molar-refractivity contribution in [2.24, 2.45) is 0 Å². The maximum Gasteiger partial charge on any atom is 0.306 e. The van der Waals surface area contributed by atoms with Crippen LogP contribution in [0.5, 0.6) is 0 Å². The number of carbonyl (C=O) groups is 2. The van der Waals surface area contributed by atoms with E-state index in [2.05, 4.69) is 81.5 Å². The highest BCUT2D eigenvalue weighted by molar-refractivity contribution is 5.70. The monoisotopic (exact) mass is 867 g/mol. The van der Waals surface area contributed by atoms with Gasteiger partial charge in [0.1, 0.15) is 6.61 Å². The fourth-order valence-electron chi connectivity index (χ4n) is 7.46. The smallest absolute Gasteiger partial charge is 0.306 e. The van der Waals surface area contributed by atoms with E-state index in [9.17, 15) is 9.59 Å². The van der Waals surface area contributed by atoms with Gasteiger partial charge in [-0.1, -0.05) is 210 Å². The van der Waals surface area contributed by atoms with Crippen LogP contribution in [0.25, 0.3) is 0 Å². The van der Waals surface area contributed by atoms with Gasteiger partial charge in [-0.15, -0.1) is 0 Å². The van der Waals surface area contributed by atoms with Crippen molar-refractivity contribution in [1.29, 1.82) is 0 Å². The van der Waals surface area contributed by atoms with Crippen molar-refractivity contribution in [3.8, 4) is 0 Å². The number of allylic oxidation sites excluding steroid dienone is 10. The predicted molar refractivity (Wildman–Crippen MR) is 270 cm³/mol. The van der Waals surface area contributed by atoms with Gasteiger partial charge >= 0.3 is 11.9 Å². The normalized spacial score (nSPS) is 12.6. The molecule has 0 bridgehead atoms. The molecule has 0 aliphatic rings. The average Bonchev–Trinajstić information content (AvgIpc) is 3.27. The maximum absolute atomic E-state index is 12.8. The van der Waals surface area contributed by atoms with Crippen molar-refractivity contribution >= 4 is 11.9 Å². The van der Waals surface area contributed by atoms with Crippen LogP contribution in [0, 0.1) is 0 Å². The van der Waals surface area contributed by atoms with Crippen molar-refractivity contribution in [2.45, 2.75) is 271 Å². The Balaban J connectivity index is 4.25. The third-order valence-corrected chi connectivity index (χ3v) is 11.5. The second kappa shape index (κ2) is 52.9. The molecular weight excluding hydrogens is 765 g/mol. The highest BCUT2D eigenvalue weighted by Gasteiger charge is 2.17. The molecule has 0 radical (unpaired) electrons. The highest BCUT2D eigenvalue weighted by Crippen LogP contribution is 2.14. The molecule has 0 heterocycles. The molecule has 1 unspecified atom stereocenters. The minimum atomic E-state index is -0.548. The van der Waals surface area contributed by atoms with Crippen LogP contribution in [-0.2, 0) is 23.8 Å². The van der Waals surface area contributed by atoms with Gasteiger partial charge in [-0.3, -0.25) is 9.59 Å². The molecule has 0 aromatic heterocycles. The van der Waals surface area contributed by atoms with Crippen molar-refractivity contribution in [3.05, 3.63) is 60.8 Å². The van der Waals surface area contributed by atoms with Crippen LogP contribution in [0.3, 0.4) is 0 Å². The first kappa shape index (κ1) is 59.6. The lowest BCUT2D eigenvalue weighted by molar-refractivity contribution is -0.163. The summed E-state index contributed by atoms with van der Waals surface area (Å²) < 4.78 is 17.4. The van der Waals surface area contributed by atoms with Crippen molar-refractivity contribution in [3.63, 3.8) is 0 Å². The van der Waals surface area contributed by atoms with Gasteiger partial charge in [-0.05, 0) is 103 Å². The Labute approximate surface area is 385 Å². The summed E-state index contributed by atoms with van der Waals surface area (Å²) in [5.74, 6) is -0.419. The van der Waals surface area contributed by atoms with Crippen LogP contribution in [0.4, 0.5) is 0 Å². The number of hydrogen-bond acceptors (Lipinski definition) is 5. The Morgan fingerprint density at radius 3 is 1.18 bits per heavy atom. The summed E-state index contributed by atoms with van der Waals surface area (Å²) in [6.07, 6.45) is 66.6. The molecular formula is C57H102O5. The molecule has 0 aromatic rings. The number of unbranched alkanes of at least 4 members (excludes halogenated alkanes) is 28. The van der Waals surface area contributed by atoms with E-state index >= 15 is 0 Å². The standard InChI is InChI=1S/C57H102O5/c1-4-7-10-13-16-19-22-25-26-27-28-29-30-31-34-37-40-43-46-49-52-60-53-55(62-57(59)51-48-45-42-39-36-33-24-21-18-15-12-9-6-3)54-61-56(58)50-47-44-41-38-35-32-23-20-17-14-11-8-5-2/h11,14,16,19-21,23-26,55H,4-10,12-13,15,17-18,22,27-54H2,1-3H3/b14-11-,19-16-,23-20-,24-21-,26-25-. The minimum absolute atomic E-state index is 0.0736. The Bertz CT molecular complexity index is 1070. The van der Waals surface area contributed by atoms with Gasteiger partial charge in [-0.25, -0.2) is 0 Å². The molecule has 0 saturated heterocycles. The number of ether oxygens (including phenoxy) is 3. The maximum atomic E-state index is 12.8. The van der Waals surface area contributed by atoms with Gasteiger partial charge in [0.15, 0.2) is 6.10 Å². The minimum Gasteiger partial charge on any atom is -0.462 e. The van der Waals surface area contributed by atoms with Crippen LogP contribution >= 0.6 is 0 Å². The number of esters is 2. The van der Waals surface area contributed by atoms with E-state index in [1.165, 1.54) is 154 Å². The van der Waals surface area contributed by atoms with Crippen LogP contribution in [-0.4, -0.2) is 37.9 Å². The zero-order chi connectivity index (χ0) is 44.9. The molecule has 0 aromatic carbocycles. The zero-order valence-corrected chi connectivity index (χ0v) is 41.4. The fraction of sp³-hybridized carbons (Fsp3) is 0.789. The molecule has 0 aliphatic carbocycles. The summed E-state index contributed by atoms with van der Waals surface area (Å²) in [7, 11) is 0. The molecule has 0 aliphatic heterocycles. The number of rotatable bonds is 49. The Morgan fingerprint density at radius 1 is 0.355 bits per heavy atom. The Kier molecular flexibility index (Phi) is 50.9. The van der Waals surface area contributed by atoms with Crippen molar-refractivity contribution < 1.29 is 23.8 Å². The van der Waals surface area contributed by atoms with E-state index in [1.807, 2.05) is 0 Å². The zero-order valence-electron chi connectivity index (χ0n) is 41.4. The molecule has 0 saturated carbocycles. The quantitative estimate of drug-likeness (QED) is 0.0346. The highest BCUT2D eigenvalue weighted by atomic mass is 16.6. The van der Waals surface area contributed by atoms with E-state index in [4.69, 9.17) is 14.2 Å². The van der Waals surface area contributed by atoms with Gasteiger partial charge in [0, 0.05) is 19.4 Å². The molecule has 0 rings (SSSR count). The largest absolute Gasteiger partial charge is 0.462 e. The first-order chi connectivity index (χ1) is 30.6.